The van der Waals surface area contributed by atoms with Crippen molar-refractivity contribution in [3.8, 4) is 0 Å². The highest BCUT2D eigenvalue weighted by Crippen LogP contribution is 2.58. The van der Waals surface area contributed by atoms with E-state index in [2.05, 4.69) is 6.58 Å². The Morgan fingerprint density at radius 2 is 2.05 bits per heavy atom. The first-order valence-electron chi connectivity index (χ1n) is 6.98. The molecule has 0 unspecified atom stereocenters. The Bertz CT molecular complexity index is 483. The van der Waals surface area contributed by atoms with Crippen molar-refractivity contribution in [1.29, 1.82) is 0 Å². The molecule has 1 aliphatic heterocycles. The van der Waals surface area contributed by atoms with E-state index in [1.54, 1.807) is 6.92 Å². The minimum Gasteiger partial charge on any atom is -0.457 e. The molecule has 1 N–H and O–H groups in total. The zero-order chi connectivity index (χ0) is 14.0. The molecule has 2 aliphatic carbocycles. The Morgan fingerprint density at radius 1 is 1.37 bits per heavy atom. The minimum absolute atomic E-state index is 0.0150. The summed E-state index contributed by atoms with van der Waals surface area (Å²) in [5.41, 5.74) is -1.58. The molecule has 3 rings (SSSR count). The van der Waals surface area contributed by atoms with Crippen molar-refractivity contribution in [2.75, 3.05) is 0 Å². The largest absolute Gasteiger partial charge is 0.457 e. The molecule has 0 spiro atoms. The van der Waals surface area contributed by atoms with E-state index in [0.29, 0.717) is 18.4 Å². The molecule has 1 heterocycles. The second-order valence-electron chi connectivity index (χ2n) is 6.49. The topological polar surface area (TPSA) is 63.6 Å². The van der Waals surface area contributed by atoms with E-state index in [0.717, 1.165) is 12.8 Å². The molecule has 2 saturated carbocycles. The monoisotopic (exact) mass is 264 g/mol. The molecule has 0 aromatic carbocycles. The van der Waals surface area contributed by atoms with Gasteiger partial charge in [-0.1, -0.05) is 13.5 Å². The number of ketones is 1. The first-order valence-corrected chi connectivity index (χ1v) is 6.98. The van der Waals surface area contributed by atoms with Crippen LogP contribution < -0.4 is 0 Å². The first-order chi connectivity index (χ1) is 8.82. The zero-order valence-corrected chi connectivity index (χ0v) is 11.4. The summed E-state index contributed by atoms with van der Waals surface area (Å²) < 4.78 is 5.44. The third-order valence-electron chi connectivity index (χ3n) is 5.82. The van der Waals surface area contributed by atoms with Crippen LogP contribution in [0.2, 0.25) is 0 Å². The number of esters is 1. The highest BCUT2D eigenvalue weighted by atomic mass is 16.6. The van der Waals surface area contributed by atoms with Crippen molar-refractivity contribution in [3.63, 3.8) is 0 Å². The molecule has 0 aromatic rings. The van der Waals surface area contributed by atoms with Crippen LogP contribution in [0, 0.1) is 17.3 Å². The number of hydrogen-bond donors (Lipinski definition) is 1. The zero-order valence-electron chi connectivity index (χ0n) is 11.4. The number of ether oxygens (including phenoxy) is 1. The normalized spacial score (nSPS) is 49.6. The third kappa shape index (κ3) is 1.33. The van der Waals surface area contributed by atoms with E-state index in [1.807, 2.05) is 6.92 Å². The predicted molar refractivity (Wildman–Crippen MR) is 68.2 cm³/mol. The molecule has 0 bridgehead atoms. The fourth-order valence-corrected chi connectivity index (χ4v) is 4.35. The Hall–Kier alpha value is -1.16. The van der Waals surface area contributed by atoms with Gasteiger partial charge in [0.1, 0.15) is 11.9 Å². The van der Waals surface area contributed by atoms with Gasteiger partial charge in [0.25, 0.3) is 0 Å². The number of rotatable bonds is 0. The van der Waals surface area contributed by atoms with E-state index < -0.39 is 23.1 Å². The van der Waals surface area contributed by atoms with Crippen LogP contribution in [0.4, 0.5) is 0 Å². The van der Waals surface area contributed by atoms with Crippen molar-refractivity contribution in [1.82, 2.24) is 0 Å². The number of fused-ring (bicyclic) bond motifs is 3. The summed E-state index contributed by atoms with van der Waals surface area (Å²) in [5.74, 6) is -0.494. The number of aliphatic hydroxyl groups is 1. The smallest absolute Gasteiger partial charge is 0.334 e. The molecule has 104 valence electrons. The Labute approximate surface area is 112 Å². The Kier molecular flexibility index (Phi) is 2.50. The highest BCUT2D eigenvalue weighted by molar-refractivity contribution is 5.94. The standard InChI is InChI=1S/C15H20O4/c1-8-4-5-10-9(2)13(17)19-12(10)14(3)11(16)6-7-15(8,14)18/h8,10,12,18H,2,4-7H2,1,3H3/t8-,10-,12-,14+,15+/m1/s1. The maximum Gasteiger partial charge on any atom is 0.334 e. The predicted octanol–water partition coefficient (Wildman–Crippen LogP) is 1.61. The second kappa shape index (κ2) is 3.69. The van der Waals surface area contributed by atoms with E-state index >= 15 is 0 Å². The average molecular weight is 264 g/mol. The van der Waals surface area contributed by atoms with Crippen LogP contribution >= 0.6 is 0 Å². The molecule has 0 aromatic heterocycles. The lowest BCUT2D eigenvalue weighted by molar-refractivity contribution is -0.171. The molecular formula is C15H20O4. The summed E-state index contributed by atoms with van der Waals surface area (Å²) in [5, 5.41) is 11.1. The van der Waals surface area contributed by atoms with Crippen molar-refractivity contribution >= 4 is 11.8 Å². The van der Waals surface area contributed by atoms with Crippen molar-refractivity contribution in [2.24, 2.45) is 17.3 Å². The first kappa shape index (κ1) is 12.9. The fourth-order valence-electron chi connectivity index (χ4n) is 4.35. The van der Waals surface area contributed by atoms with Gasteiger partial charge in [-0.2, -0.15) is 0 Å². The van der Waals surface area contributed by atoms with Gasteiger partial charge >= 0.3 is 5.97 Å². The van der Waals surface area contributed by atoms with Gasteiger partial charge in [0.15, 0.2) is 0 Å². The highest BCUT2D eigenvalue weighted by Gasteiger charge is 2.68. The van der Waals surface area contributed by atoms with Gasteiger partial charge in [0.2, 0.25) is 0 Å². The van der Waals surface area contributed by atoms with Crippen molar-refractivity contribution in [2.45, 2.75) is 51.2 Å². The lowest BCUT2D eigenvalue weighted by Crippen LogP contribution is -2.56. The Morgan fingerprint density at radius 3 is 2.74 bits per heavy atom. The van der Waals surface area contributed by atoms with Crippen LogP contribution in [-0.4, -0.2) is 28.6 Å². The quantitative estimate of drug-likeness (QED) is 0.533. The number of carbonyl (C=O) groups is 2. The number of hydrogen-bond acceptors (Lipinski definition) is 4. The van der Waals surface area contributed by atoms with Gasteiger partial charge in [-0.3, -0.25) is 4.79 Å². The van der Waals surface area contributed by atoms with Crippen LogP contribution in [0.5, 0.6) is 0 Å². The lowest BCUT2D eigenvalue weighted by Gasteiger charge is -2.43. The molecule has 4 heteroatoms. The van der Waals surface area contributed by atoms with Crippen LogP contribution in [0.25, 0.3) is 0 Å². The molecule has 0 amide bonds. The van der Waals surface area contributed by atoms with Crippen molar-refractivity contribution < 1.29 is 19.4 Å². The van der Waals surface area contributed by atoms with E-state index in [4.69, 9.17) is 4.74 Å². The molecule has 3 fully saturated rings. The maximum absolute atomic E-state index is 12.4. The summed E-state index contributed by atoms with van der Waals surface area (Å²) in [6, 6.07) is 0. The minimum atomic E-state index is -1.06. The average Bonchev–Trinajstić information content (AvgIpc) is 2.76. The van der Waals surface area contributed by atoms with Gasteiger partial charge in [0, 0.05) is 17.9 Å². The Balaban J connectivity index is 2.14. The van der Waals surface area contributed by atoms with Gasteiger partial charge in [-0.25, -0.2) is 4.79 Å². The van der Waals surface area contributed by atoms with Crippen molar-refractivity contribution in [3.05, 3.63) is 12.2 Å². The molecule has 19 heavy (non-hydrogen) atoms. The summed E-state index contributed by atoms with van der Waals surface area (Å²) in [4.78, 5) is 24.2. The molecule has 3 aliphatic rings. The summed E-state index contributed by atoms with van der Waals surface area (Å²) in [6.07, 6.45) is 1.83. The molecule has 1 saturated heterocycles. The summed E-state index contributed by atoms with van der Waals surface area (Å²) in [6.45, 7) is 7.57. The second-order valence-corrected chi connectivity index (χ2v) is 6.49. The molecule has 0 radical (unpaired) electrons. The van der Waals surface area contributed by atoms with Crippen LogP contribution in [0.1, 0.15) is 39.5 Å². The van der Waals surface area contributed by atoms with E-state index in [9.17, 15) is 14.7 Å². The lowest BCUT2D eigenvalue weighted by atomic mass is 9.65. The fraction of sp³-hybridized carbons (Fsp3) is 0.733. The number of Topliss-reactive ketones (excluding diaryl/α,β-unsaturated/α-hetero) is 1. The van der Waals surface area contributed by atoms with Crippen LogP contribution in [0.3, 0.4) is 0 Å². The van der Waals surface area contributed by atoms with Gasteiger partial charge in [-0.15, -0.1) is 0 Å². The van der Waals surface area contributed by atoms with Gasteiger partial charge in [0.05, 0.1) is 11.0 Å². The third-order valence-corrected chi connectivity index (χ3v) is 5.82. The molecular weight excluding hydrogens is 244 g/mol. The van der Waals surface area contributed by atoms with Gasteiger partial charge in [-0.05, 0) is 32.1 Å². The summed E-state index contributed by atoms with van der Waals surface area (Å²) >= 11 is 0. The summed E-state index contributed by atoms with van der Waals surface area (Å²) in [7, 11) is 0. The van der Waals surface area contributed by atoms with E-state index in [1.165, 1.54) is 0 Å². The molecule has 5 atom stereocenters. The SMILES string of the molecule is C=C1C(=O)O[C@@H]2[C@@H]1CC[C@@H](C)[C@@]1(O)CCC(=O)[C@@]21C. The van der Waals surface area contributed by atoms with Crippen LogP contribution in [-0.2, 0) is 14.3 Å². The van der Waals surface area contributed by atoms with Gasteiger partial charge < -0.3 is 9.84 Å². The molecule has 4 nitrogen and oxygen atoms in total. The van der Waals surface area contributed by atoms with E-state index in [-0.39, 0.29) is 17.6 Å². The maximum atomic E-state index is 12.4. The van der Waals surface area contributed by atoms with Crippen LogP contribution in [0.15, 0.2) is 12.2 Å². The number of carbonyl (C=O) groups excluding carboxylic acids is 2.